The number of carbonyl (C=O) groups is 6. The Balaban J connectivity index is 2.96. The first-order chi connectivity index (χ1) is 16.3. The topological polar surface area (TPSA) is 260 Å². The van der Waals surface area contributed by atoms with E-state index in [4.69, 9.17) is 16.6 Å². The maximum Gasteiger partial charge on any atom is 0.326 e. The first-order valence-corrected chi connectivity index (χ1v) is 10.7. The molecule has 1 aromatic heterocycles. The smallest absolute Gasteiger partial charge is 0.326 e. The van der Waals surface area contributed by atoms with Crippen molar-refractivity contribution in [2.75, 3.05) is 0 Å². The number of nitrogens with one attached hydrogen (secondary N) is 4. The van der Waals surface area contributed by atoms with Crippen LogP contribution in [0.25, 0.3) is 0 Å². The molecule has 0 fully saturated rings. The Labute approximate surface area is 200 Å². The molecule has 4 amide bonds. The second kappa shape index (κ2) is 13.6. The number of carbonyl (C=O) groups excluding carboxylic acids is 4. The van der Waals surface area contributed by atoms with Crippen LogP contribution < -0.4 is 27.4 Å². The number of imidazole rings is 1. The molecule has 0 aromatic carbocycles. The molecular weight excluding hydrogens is 466 g/mol. The summed E-state index contributed by atoms with van der Waals surface area (Å²) in [5.74, 6) is -6.82. The average molecular weight is 498 g/mol. The van der Waals surface area contributed by atoms with Crippen LogP contribution in [0.2, 0.25) is 0 Å². The number of aliphatic carboxylic acids is 2. The molecule has 1 rings (SSSR count). The summed E-state index contributed by atoms with van der Waals surface area (Å²) in [6.45, 7) is 3.46. The van der Waals surface area contributed by atoms with Gasteiger partial charge in [0.25, 0.3) is 0 Å². The average Bonchev–Trinajstić information content (AvgIpc) is 3.23. The molecule has 4 atom stereocenters. The van der Waals surface area contributed by atoms with E-state index < -0.39 is 72.6 Å². The predicted molar refractivity (Wildman–Crippen MR) is 119 cm³/mol. The fourth-order valence-electron chi connectivity index (χ4n) is 3.04. The molecule has 194 valence electrons. The van der Waals surface area contributed by atoms with E-state index in [0.717, 1.165) is 0 Å². The van der Waals surface area contributed by atoms with Crippen LogP contribution in [0, 0.1) is 5.92 Å². The molecule has 10 N–H and O–H groups in total. The number of hydrogen-bond acceptors (Lipinski definition) is 8. The van der Waals surface area contributed by atoms with Crippen LogP contribution in [0.1, 0.15) is 38.8 Å². The maximum atomic E-state index is 12.8. The summed E-state index contributed by atoms with van der Waals surface area (Å²) in [6, 6.07) is -5.72. The SMILES string of the molecule is CC(C)CC(NC(=O)C(CC(=O)O)NC(=O)C(CC(N)=O)NC(=O)C(N)Cc1cnc[nH]1)C(=O)O. The molecule has 0 saturated heterocycles. The molecule has 1 aromatic rings. The summed E-state index contributed by atoms with van der Waals surface area (Å²) in [6.07, 6.45) is 1.37. The third-order valence-corrected chi connectivity index (χ3v) is 4.70. The first kappa shape index (κ1) is 29.0. The van der Waals surface area contributed by atoms with Gasteiger partial charge in [-0.2, -0.15) is 0 Å². The third kappa shape index (κ3) is 10.6. The highest BCUT2D eigenvalue weighted by atomic mass is 16.4. The number of carboxylic acid groups (broad SMARTS) is 2. The van der Waals surface area contributed by atoms with Crippen molar-refractivity contribution in [2.45, 2.75) is 63.7 Å². The lowest BCUT2D eigenvalue weighted by atomic mass is 10.0. The van der Waals surface area contributed by atoms with E-state index in [1.165, 1.54) is 12.5 Å². The van der Waals surface area contributed by atoms with E-state index in [-0.39, 0.29) is 18.8 Å². The van der Waals surface area contributed by atoms with Gasteiger partial charge in [0.1, 0.15) is 18.1 Å². The number of aromatic nitrogens is 2. The molecule has 0 aliphatic rings. The van der Waals surface area contributed by atoms with E-state index >= 15 is 0 Å². The summed E-state index contributed by atoms with van der Waals surface area (Å²) < 4.78 is 0. The molecule has 0 spiro atoms. The van der Waals surface area contributed by atoms with E-state index in [1.807, 2.05) is 0 Å². The summed E-state index contributed by atoms with van der Waals surface area (Å²) in [5, 5.41) is 25.0. The third-order valence-electron chi connectivity index (χ3n) is 4.70. The molecule has 0 saturated carbocycles. The minimum atomic E-state index is -1.69. The van der Waals surface area contributed by atoms with Crippen LogP contribution in [0.5, 0.6) is 0 Å². The first-order valence-electron chi connectivity index (χ1n) is 10.7. The lowest BCUT2D eigenvalue weighted by Gasteiger charge is -2.24. The van der Waals surface area contributed by atoms with Crippen molar-refractivity contribution < 1.29 is 39.0 Å². The second-order valence-corrected chi connectivity index (χ2v) is 8.31. The van der Waals surface area contributed by atoms with Gasteiger partial charge >= 0.3 is 11.9 Å². The molecule has 15 heteroatoms. The Morgan fingerprint density at radius 1 is 0.943 bits per heavy atom. The zero-order valence-corrected chi connectivity index (χ0v) is 19.3. The van der Waals surface area contributed by atoms with Gasteiger partial charge < -0.3 is 42.6 Å². The van der Waals surface area contributed by atoms with Gasteiger partial charge in [0.15, 0.2) is 0 Å². The highest BCUT2D eigenvalue weighted by molar-refractivity contribution is 5.97. The lowest BCUT2D eigenvalue weighted by Crippen LogP contribution is -2.58. The van der Waals surface area contributed by atoms with Gasteiger partial charge in [-0.1, -0.05) is 13.8 Å². The van der Waals surface area contributed by atoms with Gasteiger partial charge in [0.2, 0.25) is 23.6 Å². The maximum absolute atomic E-state index is 12.8. The lowest BCUT2D eigenvalue weighted by molar-refractivity contribution is -0.144. The molecule has 1 heterocycles. The fourth-order valence-corrected chi connectivity index (χ4v) is 3.04. The standard InChI is InChI=1S/C20H31N7O8/c1-9(2)3-14(20(34)35)27-19(33)13(6-16(29)30)26-18(32)12(5-15(22)28)25-17(31)11(21)4-10-7-23-8-24-10/h7-9,11-14H,3-6,21H2,1-2H3,(H2,22,28)(H,23,24)(H,25,31)(H,26,32)(H,27,33)(H,29,30)(H,34,35). The molecule has 0 radical (unpaired) electrons. The van der Waals surface area contributed by atoms with Crippen LogP contribution in [0.3, 0.4) is 0 Å². The van der Waals surface area contributed by atoms with E-state index in [9.17, 15) is 33.9 Å². The van der Waals surface area contributed by atoms with Crippen LogP contribution in [-0.2, 0) is 35.2 Å². The number of amides is 4. The largest absolute Gasteiger partial charge is 0.481 e. The summed E-state index contributed by atoms with van der Waals surface area (Å²) in [5.41, 5.74) is 11.5. The summed E-state index contributed by atoms with van der Waals surface area (Å²) in [4.78, 5) is 78.5. The predicted octanol–water partition coefficient (Wildman–Crippen LogP) is -2.79. The van der Waals surface area contributed by atoms with Gasteiger partial charge in [-0.05, 0) is 12.3 Å². The van der Waals surface area contributed by atoms with E-state index in [1.54, 1.807) is 13.8 Å². The minimum Gasteiger partial charge on any atom is -0.481 e. The van der Waals surface area contributed by atoms with Crippen molar-refractivity contribution >= 4 is 35.6 Å². The molecule has 0 bridgehead atoms. The number of aromatic amines is 1. The van der Waals surface area contributed by atoms with E-state index in [0.29, 0.717) is 5.69 Å². The van der Waals surface area contributed by atoms with Crippen molar-refractivity contribution in [1.82, 2.24) is 25.9 Å². The molecule has 4 unspecified atom stereocenters. The summed E-state index contributed by atoms with van der Waals surface area (Å²) >= 11 is 0. The highest BCUT2D eigenvalue weighted by Crippen LogP contribution is 2.07. The second-order valence-electron chi connectivity index (χ2n) is 8.31. The van der Waals surface area contributed by atoms with Crippen LogP contribution in [0.4, 0.5) is 0 Å². The number of rotatable bonds is 15. The Bertz CT molecular complexity index is 919. The van der Waals surface area contributed by atoms with Crippen LogP contribution in [-0.4, -0.2) is 79.9 Å². The van der Waals surface area contributed by atoms with Crippen molar-refractivity contribution in [2.24, 2.45) is 17.4 Å². The Morgan fingerprint density at radius 3 is 1.94 bits per heavy atom. The quantitative estimate of drug-likeness (QED) is 0.123. The van der Waals surface area contributed by atoms with Gasteiger partial charge in [-0.15, -0.1) is 0 Å². The number of nitrogens with zero attached hydrogens (tertiary/aromatic N) is 1. The van der Waals surface area contributed by atoms with Crippen molar-refractivity contribution in [1.29, 1.82) is 0 Å². The summed E-state index contributed by atoms with van der Waals surface area (Å²) in [7, 11) is 0. The number of nitrogens with two attached hydrogens (primary N) is 2. The van der Waals surface area contributed by atoms with Crippen molar-refractivity contribution in [3.05, 3.63) is 18.2 Å². The zero-order chi connectivity index (χ0) is 26.7. The van der Waals surface area contributed by atoms with Crippen LogP contribution >= 0.6 is 0 Å². The minimum absolute atomic E-state index is 0.0349. The molecule has 35 heavy (non-hydrogen) atoms. The van der Waals surface area contributed by atoms with Gasteiger partial charge in [0.05, 0.1) is 25.2 Å². The Hall–Kier alpha value is -4.01. The Morgan fingerprint density at radius 2 is 1.49 bits per heavy atom. The van der Waals surface area contributed by atoms with E-state index in [2.05, 4.69) is 25.9 Å². The molecule has 15 nitrogen and oxygen atoms in total. The van der Waals surface area contributed by atoms with Crippen molar-refractivity contribution in [3.8, 4) is 0 Å². The van der Waals surface area contributed by atoms with Gasteiger partial charge in [0, 0.05) is 18.3 Å². The normalized spacial score (nSPS) is 14.3. The molecule has 0 aliphatic carbocycles. The van der Waals surface area contributed by atoms with Crippen molar-refractivity contribution in [3.63, 3.8) is 0 Å². The Kier molecular flexibility index (Phi) is 11.3. The van der Waals surface area contributed by atoms with Gasteiger partial charge in [-0.3, -0.25) is 24.0 Å². The monoisotopic (exact) mass is 497 g/mol. The number of H-pyrrole nitrogens is 1. The fraction of sp³-hybridized carbons (Fsp3) is 0.550. The highest BCUT2D eigenvalue weighted by Gasteiger charge is 2.32. The van der Waals surface area contributed by atoms with Gasteiger partial charge in [-0.25, -0.2) is 9.78 Å². The van der Waals surface area contributed by atoms with Crippen LogP contribution in [0.15, 0.2) is 12.5 Å². The number of primary amides is 1. The number of hydrogen-bond donors (Lipinski definition) is 8. The molecule has 0 aliphatic heterocycles. The number of carboxylic acids is 2. The zero-order valence-electron chi connectivity index (χ0n) is 19.3. The molecular formula is C20H31N7O8.